The third-order valence-corrected chi connectivity index (χ3v) is 4.58. The van der Waals surface area contributed by atoms with Gasteiger partial charge in [-0.2, -0.15) is 0 Å². The zero-order valence-electron chi connectivity index (χ0n) is 12.4. The lowest BCUT2D eigenvalue weighted by atomic mass is 10.0. The quantitative estimate of drug-likeness (QED) is 0.833. The Hall–Kier alpha value is -1.35. The first-order chi connectivity index (χ1) is 10.2. The average Bonchev–Trinajstić information content (AvgIpc) is 2.95. The van der Waals surface area contributed by atoms with E-state index in [1.54, 1.807) is 0 Å². The summed E-state index contributed by atoms with van der Waals surface area (Å²) >= 11 is 1.46. The molecule has 0 saturated carbocycles. The van der Waals surface area contributed by atoms with E-state index >= 15 is 0 Å². The number of aliphatic hydroxyl groups excluding tert-OH is 1. The van der Waals surface area contributed by atoms with Gasteiger partial charge >= 0.3 is 0 Å². The molecule has 0 bridgehead atoms. The zero-order valence-corrected chi connectivity index (χ0v) is 13.2. The third-order valence-electron chi connectivity index (χ3n) is 3.73. The van der Waals surface area contributed by atoms with Gasteiger partial charge in [0.1, 0.15) is 0 Å². The van der Waals surface area contributed by atoms with E-state index in [1.807, 2.05) is 11.4 Å². The van der Waals surface area contributed by atoms with Crippen LogP contribution in [0.1, 0.15) is 40.9 Å². The summed E-state index contributed by atoms with van der Waals surface area (Å²) in [6.07, 6.45) is 4.11. The molecule has 1 fully saturated rings. The monoisotopic (exact) mass is 306 g/mol. The summed E-state index contributed by atoms with van der Waals surface area (Å²) in [5.74, 6) is 5.79. The van der Waals surface area contributed by atoms with E-state index in [0.717, 1.165) is 17.8 Å². The molecule has 2 N–H and O–H groups in total. The molecule has 0 aromatic carbocycles. The van der Waals surface area contributed by atoms with Crippen molar-refractivity contribution < 1.29 is 9.90 Å². The lowest BCUT2D eigenvalue weighted by molar-refractivity contribution is 0.0929. The normalized spacial score (nSPS) is 18.9. The maximum Gasteiger partial charge on any atom is 0.252 e. The predicted octanol–water partition coefficient (Wildman–Crippen LogP) is 1.70. The summed E-state index contributed by atoms with van der Waals surface area (Å²) < 4.78 is 0. The van der Waals surface area contributed by atoms with Crippen LogP contribution in [0.5, 0.6) is 0 Å². The van der Waals surface area contributed by atoms with Gasteiger partial charge in [0, 0.05) is 24.4 Å². The summed E-state index contributed by atoms with van der Waals surface area (Å²) in [5, 5.41) is 13.5. The first-order valence-corrected chi connectivity index (χ1v) is 8.25. The Morgan fingerprint density at radius 3 is 3.19 bits per heavy atom. The van der Waals surface area contributed by atoms with E-state index in [2.05, 4.69) is 29.1 Å². The second kappa shape index (κ2) is 8.18. The van der Waals surface area contributed by atoms with Gasteiger partial charge in [-0.25, -0.2) is 0 Å². The van der Waals surface area contributed by atoms with Crippen LogP contribution < -0.4 is 5.32 Å². The van der Waals surface area contributed by atoms with Crippen molar-refractivity contribution in [3.63, 3.8) is 0 Å². The van der Waals surface area contributed by atoms with Crippen molar-refractivity contribution in [1.82, 2.24) is 10.2 Å². The number of hydrogen-bond acceptors (Lipinski definition) is 4. The molecular formula is C16H22N2O2S. The number of likely N-dealkylation sites (tertiary alicyclic amines) is 1. The van der Waals surface area contributed by atoms with Crippen LogP contribution in [-0.2, 0) is 0 Å². The van der Waals surface area contributed by atoms with Gasteiger partial charge in [0.15, 0.2) is 0 Å². The number of aliphatic hydroxyl groups is 1. The summed E-state index contributed by atoms with van der Waals surface area (Å²) in [6, 6.07) is 2.26. The van der Waals surface area contributed by atoms with Crippen LogP contribution in [0.4, 0.5) is 0 Å². The molecule has 1 aliphatic heterocycles. The molecule has 2 heterocycles. The highest BCUT2D eigenvalue weighted by molar-refractivity contribution is 7.10. The minimum absolute atomic E-state index is 0.0274. The molecule has 114 valence electrons. The molecule has 21 heavy (non-hydrogen) atoms. The third kappa shape index (κ3) is 4.85. The van der Waals surface area contributed by atoms with Crippen LogP contribution in [0.3, 0.4) is 0 Å². The fourth-order valence-corrected chi connectivity index (χ4v) is 3.20. The molecule has 1 atom stereocenters. The number of carbonyl (C=O) groups is 1. The van der Waals surface area contributed by atoms with Crippen molar-refractivity contribution in [2.75, 3.05) is 26.7 Å². The van der Waals surface area contributed by atoms with Crippen molar-refractivity contribution in [2.45, 2.75) is 31.7 Å². The Kier molecular flexibility index (Phi) is 6.24. The Labute approximate surface area is 130 Å². The van der Waals surface area contributed by atoms with E-state index in [4.69, 9.17) is 5.11 Å². The smallest absolute Gasteiger partial charge is 0.252 e. The summed E-state index contributed by atoms with van der Waals surface area (Å²) in [4.78, 5) is 15.3. The minimum atomic E-state index is -0.0274. The van der Waals surface area contributed by atoms with Crippen molar-refractivity contribution in [1.29, 1.82) is 0 Å². The highest BCUT2D eigenvalue weighted by Crippen LogP contribution is 2.16. The van der Waals surface area contributed by atoms with Gasteiger partial charge in [0.25, 0.3) is 5.91 Å². The van der Waals surface area contributed by atoms with E-state index in [0.29, 0.717) is 24.6 Å². The number of likely N-dealkylation sites (N-methyl/N-ethyl adjacent to an activating group) is 1. The molecule has 1 aliphatic rings. The molecule has 1 aromatic heterocycles. The maximum absolute atomic E-state index is 12.1. The second-order valence-corrected chi connectivity index (χ2v) is 6.23. The summed E-state index contributed by atoms with van der Waals surface area (Å²) in [5.41, 5.74) is 0.673. The van der Waals surface area contributed by atoms with Gasteiger partial charge in [0.05, 0.1) is 17.0 Å². The van der Waals surface area contributed by atoms with Crippen LogP contribution in [0.2, 0.25) is 0 Å². The fraction of sp³-hybridized carbons (Fsp3) is 0.562. The zero-order chi connectivity index (χ0) is 15.1. The van der Waals surface area contributed by atoms with Gasteiger partial charge in [-0.3, -0.25) is 4.79 Å². The standard InChI is InChI=1S/C16H22N2O2S/c1-18-8-4-2-6-14(18)11-17-16(20)13-10-15(21-12-13)7-3-5-9-19/h10,12,14,19H,2,4-6,8-9,11H2,1H3,(H,17,20). The highest BCUT2D eigenvalue weighted by Gasteiger charge is 2.19. The van der Waals surface area contributed by atoms with Gasteiger partial charge in [0.2, 0.25) is 0 Å². The largest absolute Gasteiger partial charge is 0.395 e. The van der Waals surface area contributed by atoms with Crippen LogP contribution >= 0.6 is 11.3 Å². The van der Waals surface area contributed by atoms with Crippen LogP contribution in [0, 0.1) is 11.8 Å². The number of piperidine rings is 1. The first-order valence-electron chi connectivity index (χ1n) is 7.37. The molecule has 2 rings (SSSR count). The number of thiophene rings is 1. The van der Waals surface area contributed by atoms with Crippen molar-refractivity contribution in [3.05, 3.63) is 21.9 Å². The number of amides is 1. The molecule has 4 nitrogen and oxygen atoms in total. The molecule has 1 unspecified atom stereocenters. The van der Waals surface area contributed by atoms with Crippen molar-refractivity contribution in [3.8, 4) is 11.8 Å². The minimum Gasteiger partial charge on any atom is -0.395 e. The van der Waals surface area contributed by atoms with E-state index in [-0.39, 0.29) is 12.5 Å². The highest BCUT2D eigenvalue weighted by atomic mass is 32.1. The van der Waals surface area contributed by atoms with Crippen molar-refractivity contribution in [2.24, 2.45) is 0 Å². The summed E-state index contributed by atoms with van der Waals surface area (Å²) in [7, 11) is 2.12. The molecule has 0 aliphatic carbocycles. The molecule has 1 aromatic rings. The molecular weight excluding hydrogens is 284 g/mol. The molecule has 5 heteroatoms. The van der Waals surface area contributed by atoms with Crippen LogP contribution in [-0.4, -0.2) is 48.7 Å². The molecule has 0 spiro atoms. The Morgan fingerprint density at radius 2 is 2.43 bits per heavy atom. The van der Waals surface area contributed by atoms with E-state index < -0.39 is 0 Å². The fourth-order valence-electron chi connectivity index (χ4n) is 2.44. The van der Waals surface area contributed by atoms with Gasteiger partial charge in [-0.05, 0) is 32.5 Å². The van der Waals surface area contributed by atoms with Crippen LogP contribution in [0.15, 0.2) is 11.4 Å². The van der Waals surface area contributed by atoms with Gasteiger partial charge in [-0.1, -0.05) is 18.3 Å². The first kappa shape index (κ1) is 16.0. The topological polar surface area (TPSA) is 52.6 Å². The van der Waals surface area contributed by atoms with Crippen molar-refractivity contribution >= 4 is 17.2 Å². The maximum atomic E-state index is 12.1. The lowest BCUT2D eigenvalue weighted by Crippen LogP contribution is -2.44. The number of nitrogens with one attached hydrogen (secondary N) is 1. The molecule has 1 amide bonds. The Morgan fingerprint density at radius 1 is 1.57 bits per heavy atom. The lowest BCUT2D eigenvalue weighted by Gasteiger charge is -2.32. The second-order valence-electron chi connectivity index (χ2n) is 5.32. The number of nitrogens with zero attached hydrogens (tertiary/aromatic N) is 1. The van der Waals surface area contributed by atoms with Gasteiger partial charge in [-0.15, -0.1) is 11.3 Å². The molecule has 0 radical (unpaired) electrons. The number of hydrogen-bond donors (Lipinski definition) is 2. The molecule has 1 saturated heterocycles. The van der Waals surface area contributed by atoms with Crippen LogP contribution in [0.25, 0.3) is 0 Å². The number of rotatable bonds is 4. The Balaban J connectivity index is 1.84. The van der Waals surface area contributed by atoms with E-state index in [9.17, 15) is 4.79 Å². The van der Waals surface area contributed by atoms with E-state index in [1.165, 1.54) is 24.2 Å². The van der Waals surface area contributed by atoms with Gasteiger partial charge < -0.3 is 15.3 Å². The average molecular weight is 306 g/mol. The SMILES string of the molecule is CN1CCCCC1CNC(=O)c1csc(C#CCCO)c1. The number of carbonyl (C=O) groups excluding carboxylic acids is 1. The Bertz CT molecular complexity index is 530. The predicted molar refractivity (Wildman–Crippen MR) is 85.5 cm³/mol. The summed E-state index contributed by atoms with van der Waals surface area (Å²) in [6.45, 7) is 1.89.